The Morgan fingerprint density at radius 2 is 1.91 bits per heavy atom. The van der Waals surface area contributed by atoms with Crippen molar-refractivity contribution in [1.82, 2.24) is 9.78 Å². The number of carbonyl (C=O) groups is 1. The van der Waals surface area contributed by atoms with Gasteiger partial charge in [-0.2, -0.15) is 5.10 Å². The molecule has 22 heavy (non-hydrogen) atoms. The fourth-order valence-electron chi connectivity index (χ4n) is 1.98. The zero-order chi connectivity index (χ0) is 16.4. The van der Waals surface area contributed by atoms with E-state index < -0.39 is 23.4 Å². The van der Waals surface area contributed by atoms with E-state index in [2.05, 4.69) is 15.7 Å². The van der Waals surface area contributed by atoms with Crippen LogP contribution >= 0.6 is 0 Å². The maximum absolute atomic E-state index is 13.4. The SMILES string of the molecule is Cc1nn(C)c(C)c1NC(=O)CNc1ccc(F)c(F)c1F. The van der Waals surface area contributed by atoms with Crippen molar-refractivity contribution >= 4 is 17.3 Å². The van der Waals surface area contributed by atoms with Crippen LogP contribution in [0.3, 0.4) is 0 Å². The van der Waals surface area contributed by atoms with E-state index in [0.29, 0.717) is 11.4 Å². The summed E-state index contributed by atoms with van der Waals surface area (Å²) in [4.78, 5) is 11.9. The summed E-state index contributed by atoms with van der Waals surface area (Å²) in [6, 6.07) is 1.82. The second-order valence-corrected chi connectivity index (χ2v) is 4.79. The summed E-state index contributed by atoms with van der Waals surface area (Å²) in [5.41, 5.74) is 1.70. The molecular weight excluding hydrogens is 297 g/mol. The first-order chi connectivity index (χ1) is 10.3. The highest BCUT2D eigenvalue weighted by molar-refractivity contribution is 5.94. The fraction of sp³-hybridized carbons (Fsp3) is 0.286. The molecule has 0 aliphatic heterocycles. The summed E-state index contributed by atoms with van der Waals surface area (Å²) in [5.74, 6) is -4.68. The molecule has 0 spiro atoms. The van der Waals surface area contributed by atoms with Gasteiger partial charge >= 0.3 is 0 Å². The van der Waals surface area contributed by atoms with Crippen molar-refractivity contribution in [3.05, 3.63) is 41.0 Å². The summed E-state index contributed by atoms with van der Waals surface area (Å²) in [5, 5.41) is 9.21. The number of halogens is 3. The van der Waals surface area contributed by atoms with Crippen LogP contribution in [0.25, 0.3) is 0 Å². The third-order valence-electron chi connectivity index (χ3n) is 3.25. The van der Waals surface area contributed by atoms with E-state index in [9.17, 15) is 18.0 Å². The molecule has 118 valence electrons. The number of amides is 1. The third-order valence-corrected chi connectivity index (χ3v) is 3.25. The van der Waals surface area contributed by atoms with E-state index >= 15 is 0 Å². The number of aromatic nitrogens is 2. The van der Waals surface area contributed by atoms with Crippen molar-refractivity contribution in [3.8, 4) is 0 Å². The highest BCUT2D eigenvalue weighted by atomic mass is 19.2. The minimum Gasteiger partial charge on any atom is -0.374 e. The molecule has 2 N–H and O–H groups in total. The van der Waals surface area contributed by atoms with Crippen LogP contribution in [0.5, 0.6) is 0 Å². The van der Waals surface area contributed by atoms with E-state index in [4.69, 9.17) is 0 Å². The second-order valence-electron chi connectivity index (χ2n) is 4.79. The first-order valence-corrected chi connectivity index (χ1v) is 6.48. The minimum atomic E-state index is -1.58. The zero-order valence-corrected chi connectivity index (χ0v) is 12.3. The van der Waals surface area contributed by atoms with Crippen molar-refractivity contribution in [2.45, 2.75) is 13.8 Å². The molecule has 0 saturated heterocycles. The number of nitrogens with one attached hydrogen (secondary N) is 2. The van der Waals surface area contributed by atoms with Gasteiger partial charge in [0.1, 0.15) is 0 Å². The van der Waals surface area contributed by atoms with Gasteiger partial charge in [-0.15, -0.1) is 0 Å². The van der Waals surface area contributed by atoms with Crippen LogP contribution < -0.4 is 10.6 Å². The molecule has 0 unspecified atom stereocenters. The molecule has 1 aromatic heterocycles. The maximum atomic E-state index is 13.4. The largest absolute Gasteiger partial charge is 0.374 e. The van der Waals surface area contributed by atoms with Crippen LogP contribution in [0.4, 0.5) is 24.5 Å². The lowest BCUT2D eigenvalue weighted by molar-refractivity contribution is -0.114. The van der Waals surface area contributed by atoms with E-state index in [1.807, 2.05) is 0 Å². The van der Waals surface area contributed by atoms with Crippen LogP contribution in [0.1, 0.15) is 11.4 Å². The van der Waals surface area contributed by atoms with Crippen molar-refractivity contribution in [3.63, 3.8) is 0 Å². The van der Waals surface area contributed by atoms with E-state index in [1.165, 1.54) is 0 Å². The molecule has 0 fully saturated rings. The van der Waals surface area contributed by atoms with Gasteiger partial charge in [-0.3, -0.25) is 9.48 Å². The molecule has 0 radical (unpaired) electrons. The number of rotatable bonds is 4. The van der Waals surface area contributed by atoms with Crippen molar-refractivity contribution < 1.29 is 18.0 Å². The van der Waals surface area contributed by atoms with Gasteiger partial charge in [0, 0.05) is 7.05 Å². The Hall–Kier alpha value is -2.51. The lowest BCUT2D eigenvalue weighted by Gasteiger charge is -2.09. The third kappa shape index (κ3) is 3.05. The van der Waals surface area contributed by atoms with E-state index in [0.717, 1.165) is 17.8 Å². The quantitative estimate of drug-likeness (QED) is 0.853. The predicted molar refractivity (Wildman–Crippen MR) is 76.1 cm³/mol. The molecular formula is C14H15F3N4O. The van der Waals surface area contributed by atoms with Gasteiger partial charge in [0.25, 0.3) is 0 Å². The molecule has 8 heteroatoms. The van der Waals surface area contributed by atoms with Gasteiger partial charge in [-0.25, -0.2) is 13.2 Å². The summed E-state index contributed by atoms with van der Waals surface area (Å²) < 4.78 is 40.9. The normalized spacial score (nSPS) is 10.6. The minimum absolute atomic E-state index is 0.284. The molecule has 0 aliphatic carbocycles. The lowest BCUT2D eigenvalue weighted by atomic mass is 10.2. The number of benzene rings is 1. The van der Waals surface area contributed by atoms with E-state index in [-0.39, 0.29) is 12.2 Å². The molecule has 2 rings (SSSR count). The Labute approximate surface area is 125 Å². The standard InChI is InChI=1S/C14H15F3N4O/c1-7-14(8(2)21(3)20-7)19-11(22)6-18-10-5-4-9(15)12(16)13(10)17/h4-5,18H,6H2,1-3H3,(H,19,22). The molecule has 0 atom stereocenters. The highest BCUT2D eigenvalue weighted by Gasteiger charge is 2.15. The van der Waals surface area contributed by atoms with Crippen LogP contribution in [-0.2, 0) is 11.8 Å². The number of hydrogen-bond donors (Lipinski definition) is 2. The second kappa shape index (κ2) is 6.08. The summed E-state index contributed by atoms with van der Waals surface area (Å²) in [6.07, 6.45) is 0. The van der Waals surface area contributed by atoms with Gasteiger partial charge in [-0.05, 0) is 26.0 Å². The Balaban J connectivity index is 2.03. The van der Waals surface area contributed by atoms with Crippen LogP contribution in [-0.4, -0.2) is 22.2 Å². The smallest absolute Gasteiger partial charge is 0.243 e. The zero-order valence-electron chi connectivity index (χ0n) is 12.3. The molecule has 1 heterocycles. The van der Waals surface area contributed by atoms with Crippen molar-refractivity contribution in [2.75, 3.05) is 17.2 Å². The summed E-state index contributed by atoms with van der Waals surface area (Å²) in [6.45, 7) is 3.24. The maximum Gasteiger partial charge on any atom is 0.243 e. The Kier molecular flexibility index (Phi) is 4.39. The average Bonchev–Trinajstić information content (AvgIpc) is 2.70. The van der Waals surface area contributed by atoms with Gasteiger partial charge in [0.2, 0.25) is 5.91 Å². The highest BCUT2D eigenvalue weighted by Crippen LogP contribution is 2.20. The molecule has 0 saturated carbocycles. The molecule has 0 bridgehead atoms. The average molecular weight is 312 g/mol. The van der Waals surface area contributed by atoms with Gasteiger partial charge in [0.15, 0.2) is 17.5 Å². The number of carbonyl (C=O) groups excluding carboxylic acids is 1. The van der Waals surface area contributed by atoms with Crippen molar-refractivity contribution in [1.29, 1.82) is 0 Å². The number of nitrogens with zero attached hydrogens (tertiary/aromatic N) is 2. The first kappa shape index (κ1) is 15.9. The number of anilines is 2. The van der Waals surface area contributed by atoms with E-state index in [1.54, 1.807) is 25.6 Å². The topological polar surface area (TPSA) is 59.0 Å². The Morgan fingerprint density at radius 1 is 1.23 bits per heavy atom. The van der Waals surface area contributed by atoms with Gasteiger partial charge in [0.05, 0.1) is 29.3 Å². The van der Waals surface area contributed by atoms with Crippen molar-refractivity contribution in [2.24, 2.45) is 7.05 Å². The monoisotopic (exact) mass is 312 g/mol. The van der Waals surface area contributed by atoms with Crippen LogP contribution in [0, 0.1) is 31.3 Å². The summed E-state index contributed by atoms with van der Waals surface area (Å²) >= 11 is 0. The Morgan fingerprint density at radius 3 is 2.50 bits per heavy atom. The first-order valence-electron chi connectivity index (χ1n) is 6.48. The molecule has 1 amide bonds. The number of hydrogen-bond acceptors (Lipinski definition) is 3. The summed E-state index contributed by atoms with van der Waals surface area (Å²) in [7, 11) is 1.74. The van der Waals surface area contributed by atoms with Gasteiger partial charge < -0.3 is 10.6 Å². The molecule has 0 aliphatic rings. The molecule has 1 aromatic carbocycles. The number of aryl methyl sites for hydroxylation is 2. The molecule has 2 aromatic rings. The lowest BCUT2D eigenvalue weighted by Crippen LogP contribution is -2.23. The predicted octanol–water partition coefficient (Wildman–Crippen LogP) is 2.50. The fourth-order valence-corrected chi connectivity index (χ4v) is 1.98. The Bertz CT molecular complexity index is 727. The van der Waals surface area contributed by atoms with Crippen LogP contribution in [0.15, 0.2) is 12.1 Å². The van der Waals surface area contributed by atoms with Crippen LogP contribution in [0.2, 0.25) is 0 Å². The van der Waals surface area contributed by atoms with Gasteiger partial charge in [-0.1, -0.05) is 0 Å². The molecule has 5 nitrogen and oxygen atoms in total.